The summed E-state index contributed by atoms with van der Waals surface area (Å²) in [6, 6.07) is 3.88. The number of hydrogen-bond acceptors (Lipinski definition) is 4. The number of anilines is 1. The average Bonchev–Trinajstić information content (AvgIpc) is 3.19. The van der Waals surface area contributed by atoms with Crippen LogP contribution in [0.5, 0.6) is 0 Å². The fourth-order valence-electron chi connectivity index (χ4n) is 3.22. The number of aryl methyl sites for hydroxylation is 2. The van der Waals surface area contributed by atoms with Crippen molar-refractivity contribution in [3.63, 3.8) is 0 Å². The van der Waals surface area contributed by atoms with Gasteiger partial charge in [0.15, 0.2) is 5.96 Å². The van der Waals surface area contributed by atoms with Gasteiger partial charge in [0.1, 0.15) is 11.6 Å². The van der Waals surface area contributed by atoms with Gasteiger partial charge in [-0.05, 0) is 39.3 Å². The first-order valence-electron chi connectivity index (χ1n) is 9.14. The summed E-state index contributed by atoms with van der Waals surface area (Å²) >= 11 is 1.66. The molecule has 8 heteroatoms. The molecule has 1 aromatic carbocycles. The molecule has 5 nitrogen and oxygen atoms in total. The summed E-state index contributed by atoms with van der Waals surface area (Å²) in [6.07, 6.45) is 0.861. The molecule has 146 valence electrons. The van der Waals surface area contributed by atoms with Gasteiger partial charge in [-0.3, -0.25) is 0 Å². The van der Waals surface area contributed by atoms with Crippen LogP contribution in [0.2, 0.25) is 0 Å². The molecule has 1 unspecified atom stereocenters. The second-order valence-electron chi connectivity index (χ2n) is 6.61. The van der Waals surface area contributed by atoms with E-state index < -0.39 is 11.6 Å². The number of nitrogens with one attached hydrogen (secondary N) is 2. The van der Waals surface area contributed by atoms with Crippen molar-refractivity contribution < 1.29 is 8.78 Å². The van der Waals surface area contributed by atoms with Crippen molar-refractivity contribution in [1.29, 1.82) is 0 Å². The Morgan fingerprint density at radius 2 is 2.19 bits per heavy atom. The third-order valence-corrected chi connectivity index (χ3v) is 5.56. The van der Waals surface area contributed by atoms with Crippen molar-refractivity contribution in [3.8, 4) is 0 Å². The van der Waals surface area contributed by atoms with Gasteiger partial charge in [0, 0.05) is 36.6 Å². The minimum Gasteiger partial charge on any atom is -0.367 e. The predicted molar refractivity (Wildman–Crippen MR) is 107 cm³/mol. The lowest BCUT2D eigenvalue weighted by atomic mass is 10.2. The van der Waals surface area contributed by atoms with E-state index >= 15 is 0 Å². The number of rotatable bonds is 5. The molecule has 0 spiro atoms. The lowest BCUT2D eigenvalue weighted by Gasteiger charge is -2.21. The minimum atomic E-state index is -0.555. The summed E-state index contributed by atoms with van der Waals surface area (Å²) in [6.45, 7) is 8.72. The van der Waals surface area contributed by atoms with Crippen LogP contribution in [0, 0.1) is 25.5 Å². The summed E-state index contributed by atoms with van der Waals surface area (Å²) in [5, 5.41) is 7.73. The van der Waals surface area contributed by atoms with Gasteiger partial charge in [-0.1, -0.05) is 0 Å². The van der Waals surface area contributed by atoms with Crippen LogP contribution in [0.25, 0.3) is 0 Å². The van der Waals surface area contributed by atoms with Crippen LogP contribution in [0.3, 0.4) is 0 Å². The first-order valence-corrected chi connectivity index (χ1v) is 9.95. The molecule has 3 rings (SSSR count). The smallest absolute Gasteiger partial charge is 0.191 e. The van der Waals surface area contributed by atoms with E-state index in [0.717, 1.165) is 40.6 Å². The van der Waals surface area contributed by atoms with Gasteiger partial charge in [0.05, 0.1) is 22.9 Å². The largest absolute Gasteiger partial charge is 0.367 e. The first-order chi connectivity index (χ1) is 13.0. The number of guanidine groups is 1. The summed E-state index contributed by atoms with van der Waals surface area (Å²) < 4.78 is 27.1. The highest BCUT2D eigenvalue weighted by Crippen LogP contribution is 2.24. The number of benzene rings is 1. The van der Waals surface area contributed by atoms with E-state index in [2.05, 4.69) is 20.6 Å². The molecule has 0 saturated carbocycles. The summed E-state index contributed by atoms with van der Waals surface area (Å²) in [4.78, 5) is 12.2. The molecule has 1 aromatic heterocycles. The second-order valence-corrected chi connectivity index (χ2v) is 7.90. The molecule has 0 bridgehead atoms. The highest BCUT2D eigenvalue weighted by atomic mass is 32.1. The van der Waals surface area contributed by atoms with Crippen LogP contribution in [0.15, 0.2) is 23.2 Å². The van der Waals surface area contributed by atoms with E-state index in [1.807, 2.05) is 25.7 Å². The zero-order valence-corrected chi connectivity index (χ0v) is 16.7. The van der Waals surface area contributed by atoms with Gasteiger partial charge in [0.2, 0.25) is 0 Å². The number of thiazole rings is 1. The van der Waals surface area contributed by atoms with Gasteiger partial charge in [-0.25, -0.2) is 18.8 Å². The van der Waals surface area contributed by atoms with Gasteiger partial charge in [-0.2, -0.15) is 0 Å². The van der Waals surface area contributed by atoms with Gasteiger partial charge >= 0.3 is 0 Å². The Balaban J connectivity index is 1.63. The molecular weight excluding hydrogens is 368 g/mol. The van der Waals surface area contributed by atoms with Crippen molar-refractivity contribution in [3.05, 3.63) is 45.4 Å². The molecule has 1 aliphatic heterocycles. The molecule has 1 saturated heterocycles. The third-order valence-electron chi connectivity index (χ3n) is 4.50. The second kappa shape index (κ2) is 8.65. The van der Waals surface area contributed by atoms with Crippen molar-refractivity contribution in [1.82, 2.24) is 15.6 Å². The molecule has 0 radical (unpaired) electrons. The van der Waals surface area contributed by atoms with Gasteiger partial charge in [-0.15, -0.1) is 11.3 Å². The van der Waals surface area contributed by atoms with Crippen LogP contribution >= 0.6 is 11.3 Å². The van der Waals surface area contributed by atoms with Crippen molar-refractivity contribution in [2.24, 2.45) is 4.99 Å². The van der Waals surface area contributed by atoms with Crippen molar-refractivity contribution in [2.75, 3.05) is 24.5 Å². The third kappa shape index (κ3) is 4.94. The van der Waals surface area contributed by atoms with E-state index in [9.17, 15) is 8.78 Å². The Morgan fingerprint density at radius 1 is 1.37 bits per heavy atom. The van der Waals surface area contributed by atoms with Crippen molar-refractivity contribution >= 4 is 23.0 Å². The molecule has 0 amide bonds. The molecule has 1 atom stereocenters. The van der Waals surface area contributed by atoms with E-state index in [0.29, 0.717) is 25.3 Å². The molecule has 2 heterocycles. The average molecular weight is 394 g/mol. The minimum absolute atomic E-state index is 0.150. The van der Waals surface area contributed by atoms with E-state index in [1.165, 1.54) is 12.1 Å². The highest BCUT2D eigenvalue weighted by molar-refractivity contribution is 7.11. The first kappa shape index (κ1) is 19.5. The highest BCUT2D eigenvalue weighted by Gasteiger charge is 2.25. The van der Waals surface area contributed by atoms with Crippen LogP contribution in [-0.2, 0) is 6.54 Å². The SMILES string of the molecule is CCNC(=NCc1sc(C)nc1C)NC1CCN(c2ccc(F)cc2F)C1. The maximum atomic E-state index is 14.0. The number of halogens is 2. The summed E-state index contributed by atoms with van der Waals surface area (Å²) in [5.74, 6) is -0.332. The number of nitrogens with zero attached hydrogens (tertiary/aromatic N) is 3. The lowest BCUT2D eigenvalue weighted by Crippen LogP contribution is -2.44. The standard InChI is InChI=1S/C19H25F2N5S/c1-4-22-19(23-10-18-12(2)24-13(3)27-18)25-15-7-8-26(11-15)17-6-5-14(20)9-16(17)21/h5-6,9,15H,4,7-8,10-11H2,1-3H3,(H2,22,23,25). The molecule has 2 N–H and O–H groups in total. The Hall–Kier alpha value is -2.22. The number of aliphatic imine (C=N–C) groups is 1. The van der Waals surface area contributed by atoms with E-state index in [4.69, 9.17) is 0 Å². The zero-order chi connectivity index (χ0) is 19.4. The summed E-state index contributed by atoms with van der Waals surface area (Å²) in [5.41, 5.74) is 1.47. The van der Waals surface area contributed by atoms with Crippen molar-refractivity contribution in [2.45, 2.75) is 39.8 Å². The molecule has 1 aliphatic rings. The van der Waals surface area contributed by atoms with Crippen LogP contribution in [0.1, 0.15) is 28.9 Å². The Kier molecular flexibility index (Phi) is 6.26. The Morgan fingerprint density at radius 3 is 2.85 bits per heavy atom. The molecule has 1 fully saturated rings. The van der Waals surface area contributed by atoms with Crippen LogP contribution < -0.4 is 15.5 Å². The lowest BCUT2D eigenvalue weighted by molar-refractivity contribution is 0.580. The predicted octanol–water partition coefficient (Wildman–Crippen LogP) is 3.37. The van der Waals surface area contributed by atoms with E-state index in [-0.39, 0.29) is 6.04 Å². The maximum Gasteiger partial charge on any atom is 0.191 e. The topological polar surface area (TPSA) is 52.6 Å². The number of hydrogen-bond donors (Lipinski definition) is 2. The fraction of sp³-hybridized carbons (Fsp3) is 0.474. The zero-order valence-electron chi connectivity index (χ0n) is 15.9. The van der Waals surface area contributed by atoms with Crippen LogP contribution in [-0.4, -0.2) is 36.6 Å². The van der Waals surface area contributed by atoms with E-state index in [1.54, 1.807) is 11.3 Å². The van der Waals surface area contributed by atoms with Crippen LogP contribution in [0.4, 0.5) is 14.5 Å². The Bertz CT molecular complexity index is 820. The molecule has 2 aromatic rings. The molecule has 27 heavy (non-hydrogen) atoms. The number of aromatic nitrogens is 1. The monoisotopic (exact) mass is 393 g/mol. The normalized spacial score (nSPS) is 17.4. The van der Waals surface area contributed by atoms with Gasteiger partial charge < -0.3 is 15.5 Å². The Labute approximate surface area is 162 Å². The van der Waals surface area contributed by atoms with Gasteiger partial charge in [0.25, 0.3) is 0 Å². The molecular formula is C19H25F2N5S. The quantitative estimate of drug-likeness (QED) is 0.604. The molecule has 0 aliphatic carbocycles. The fourth-order valence-corrected chi connectivity index (χ4v) is 4.08. The maximum absolute atomic E-state index is 14.0. The summed E-state index contributed by atoms with van der Waals surface area (Å²) in [7, 11) is 0.